The van der Waals surface area contributed by atoms with Crippen LogP contribution in [0.25, 0.3) is 0 Å². The van der Waals surface area contributed by atoms with Gasteiger partial charge in [0.1, 0.15) is 5.82 Å². The summed E-state index contributed by atoms with van der Waals surface area (Å²) >= 11 is 0. The molecular weight excluding hydrogens is 240 g/mol. The maximum atomic E-state index is 12.0. The Morgan fingerprint density at radius 1 is 1.16 bits per heavy atom. The van der Waals surface area contributed by atoms with E-state index in [4.69, 9.17) is 5.73 Å². The highest BCUT2D eigenvalue weighted by Crippen LogP contribution is 2.23. The number of nitrogens with two attached hydrogens (primary N) is 1. The molecule has 2 aromatic rings. The Morgan fingerprint density at radius 2 is 1.89 bits per heavy atom. The number of hydrogen-bond donors (Lipinski definition) is 2. The summed E-state index contributed by atoms with van der Waals surface area (Å²) in [4.78, 5) is 12.0. The van der Waals surface area contributed by atoms with Gasteiger partial charge in [0.15, 0.2) is 5.69 Å². The SMILES string of the molecule is CC(C)c1ccccc1NC(=O)c1ccc(N)nn1. The van der Waals surface area contributed by atoms with Crippen LogP contribution in [-0.4, -0.2) is 16.1 Å². The van der Waals surface area contributed by atoms with Crippen molar-refractivity contribution in [2.24, 2.45) is 0 Å². The summed E-state index contributed by atoms with van der Waals surface area (Å²) in [5, 5.41) is 10.3. The molecule has 19 heavy (non-hydrogen) atoms. The zero-order valence-electron chi connectivity index (χ0n) is 10.9. The number of benzene rings is 1. The number of nitrogens with zero attached hydrogens (tertiary/aromatic N) is 2. The lowest BCUT2D eigenvalue weighted by atomic mass is 10.0. The van der Waals surface area contributed by atoms with Crippen LogP contribution in [0.4, 0.5) is 11.5 Å². The van der Waals surface area contributed by atoms with E-state index in [1.165, 1.54) is 0 Å². The molecule has 0 saturated carbocycles. The molecule has 5 nitrogen and oxygen atoms in total. The van der Waals surface area contributed by atoms with Gasteiger partial charge >= 0.3 is 0 Å². The molecule has 0 saturated heterocycles. The number of amides is 1. The fraction of sp³-hybridized carbons (Fsp3) is 0.214. The molecule has 1 aromatic carbocycles. The third kappa shape index (κ3) is 3.07. The largest absolute Gasteiger partial charge is 0.382 e. The molecule has 0 aliphatic rings. The molecule has 0 bridgehead atoms. The predicted octanol–water partition coefficient (Wildman–Crippen LogP) is 2.43. The van der Waals surface area contributed by atoms with Crippen LogP contribution < -0.4 is 11.1 Å². The molecule has 0 radical (unpaired) electrons. The summed E-state index contributed by atoms with van der Waals surface area (Å²) in [6.45, 7) is 4.15. The van der Waals surface area contributed by atoms with E-state index in [2.05, 4.69) is 29.4 Å². The van der Waals surface area contributed by atoms with Crippen molar-refractivity contribution in [1.29, 1.82) is 0 Å². The minimum Gasteiger partial charge on any atom is -0.382 e. The van der Waals surface area contributed by atoms with Crippen LogP contribution in [0.3, 0.4) is 0 Å². The zero-order chi connectivity index (χ0) is 13.8. The molecule has 0 unspecified atom stereocenters. The van der Waals surface area contributed by atoms with Crippen molar-refractivity contribution in [3.05, 3.63) is 47.7 Å². The summed E-state index contributed by atoms with van der Waals surface area (Å²) in [7, 11) is 0. The Bertz CT molecular complexity index is 578. The number of carbonyl (C=O) groups is 1. The van der Waals surface area contributed by atoms with Crippen molar-refractivity contribution >= 4 is 17.4 Å². The van der Waals surface area contributed by atoms with Crippen LogP contribution in [0.15, 0.2) is 36.4 Å². The number of rotatable bonds is 3. The van der Waals surface area contributed by atoms with Gasteiger partial charge in [0, 0.05) is 5.69 Å². The Kier molecular flexibility index (Phi) is 3.75. The van der Waals surface area contributed by atoms with Crippen LogP contribution in [0.5, 0.6) is 0 Å². The summed E-state index contributed by atoms with van der Waals surface area (Å²) in [6.07, 6.45) is 0. The minimum atomic E-state index is -0.291. The lowest BCUT2D eigenvalue weighted by Gasteiger charge is -2.13. The van der Waals surface area contributed by atoms with E-state index in [9.17, 15) is 4.79 Å². The zero-order valence-corrected chi connectivity index (χ0v) is 10.9. The molecule has 1 aromatic heterocycles. The number of nitrogens with one attached hydrogen (secondary N) is 1. The van der Waals surface area contributed by atoms with Gasteiger partial charge in [-0.05, 0) is 29.7 Å². The Labute approximate surface area is 111 Å². The van der Waals surface area contributed by atoms with Crippen molar-refractivity contribution in [3.8, 4) is 0 Å². The van der Waals surface area contributed by atoms with Crippen LogP contribution in [0.1, 0.15) is 35.8 Å². The second-order valence-corrected chi connectivity index (χ2v) is 4.54. The van der Waals surface area contributed by atoms with Crippen molar-refractivity contribution in [2.45, 2.75) is 19.8 Å². The molecule has 5 heteroatoms. The van der Waals surface area contributed by atoms with Gasteiger partial charge in [-0.2, -0.15) is 0 Å². The van der Waals surface area contributed by atoms with Crippen molar-refractivity contribution < 1.29 is 4.79 Å². The maximum absolute atomic E-state index is 12.0. The average Bonchev–Trinajstić information content (AvgIpc) is 2.39. The third-order valence-corrected chi connectivity index (χ3v) is 2.75. The molecular formula is C14H16N4O. The number of hydrogen-bond acceptors (Lipinski definition) is 4. The van der Waals surface area contributed by atoms with E-state index >= 15 is 0 Å². The molecule has 0 aliphatic heterocycles. The maximum Gasteiger partial charge on any atom is 0.276 e. The molecule has 1 amide bonds. The van der Waals surface area contributed by atoms with Gasteiger partial charge in [0.25, 0.3) is 5.91 Å². The smallest absolute Gasteiger partial charge is 0.276 e. The van der Waals surface area contributed by atoms with Crippen LogP contribution in [0.2, 0.25) is 0 Å². The van der Waals surface area contributed by atoms with Gasteiger partial charge in [-0.3, -0.25) is 4.79 Å². The summed E-state index contributed by atoms with van der Waals surface area (Å²) < 4.78 is 0. The first-order valence-corrected chi connectivity index (χ1v) is 6.07. The van der Waals surface area contributed by atoms with Crippen LogP contribution in [-0.2, 0) is 0 Å². The highest BCUT2D eigenvalue weighted by Gasteiger charge is 2.12. The van der Waals surface area contributed by atoms with Crippen LogP contribution >= 0.6 is 0 Å². The third-order valence-electron chi connectivity index (χ3n) is 2.75. The van der Waals surface area contributed by atoms with Gasteiger partial charge in [0.2, 0.25) is 0 Å². The van der Waals surface area contributed by atoms with Gasteiger partial charge in [0.05, 0.1) is 0 Å². The molecule has 98 valence electrons. The number of aromatic nitrogens is 2. The second-order valence-electron chi connectivity index (χ2n) is 4.54. The predicted molar refractivity (Wildman–Crippen MR) is 74.9 cm³/mol. The first kappa shape index (κ1) is 13.0. The van der Waals surface area contributed by atoms with E-state index in [0.29, 0.717) is 11.7 Å². The van der Waals surface area contributed by atoms with E-state index in [1.807, 2.05) is 24.3 Å². The van der Waals surface area contributed by atoms with E-state index in [-0.39, 0.29) is 11.6 Å². The van der Waals surface area contributed by atoms with Crippen molar-refractivity contribution in [3.63, 3.8) is 0 Å². The monoisotopic (exact) mass is 256 g/mol. The Hall–Kier alpha value is -2.43. The lowest BCUT2D eigenvalue weighted by Crippen LogP contribution is -2.16. The molecule has 0 spiro atoms. The Morgan fingerprint density at radius 3 is 2.53 bits per heavy atom. The van der Waals surface area contributed by atoms with Crippen molar-refractivity contribution in [2.75, 3.05) is 11.1 Å². The van der Waals surface area contributed by atoms with E-state index in [1.54, 1.807) is 12.1 Å². The molecule has 0 aliphatic carbocycles. The van der Waals surface area contributed by atoms with E-state index < -0.39 is 0 Å². The highest BCUT2D eigenvalue weighted by molar-refractivity contribution is 6.03. The summed E-state index contributed by atoms with van der Waals surface area (Å²) in [5.41, 5.74) is 7.56. The normalized spacial score (nSPS) is 10.5. The van der Waals surface area contributed by atoms with Crippen LogP contribution in [0, 0.1) is 0 Å². The quantitative estimate of drug-likeness (QED) is 0.883. The fourth-order valence-corrected chi connectivity index (χ4v) is 1.76. The summed E-state index contributed by atoms with van der Waals surface area (Å²) in [5.74, 6) is 0.328. The molecule has 2 rings (SSSR count). The van der Waals surface area contributed by atoms with E-state index in [0.717, 1.165) is 11.3 Å². The fourth-order valence-electron chi connectivity index (χ4n) is 1.76. The number of para-hydroxylation sites is 1. The van der Waals surface area contributed by atoms with Crippen molar-refractivity contribution in [1.82, 2.24) is 10.2 Å². The van der Waals surface area contributed by atoms with Gasteiger partial charge < -0.3 is 11.1 Å². The molecule has 3 N–H and O–H groups in total. The molecule has 0 atom stereocenters. The number of nitrogen functional groups attached to an aromatic ring is 1. The van der Waals surface area contributed by atoms with Gasteiger partial charge in [-0.15, -0.1) is 10.2 Å². The summed E-state index contributed by atoms with van der Waals surface area (Å²) in [6, 6.07) is 10.8. The standard InChI is InChI=1S/C14H16N4O/c1-9(2)10-5-3-4-6-11(10)16-14(19)12-7-8-13(15)18-17-12/h3-9H,1-2H3,(H2,15,18)(H,16,19). The first-order valence-electron chi connectivity index (χ1n) is 6.07. The molecule has 1 heterocycles. The number of carbonyl (C=O) groups excluding carboxylic acids is 1. The lowest BCUT2D eigenvalue weighted by molar-refractivity contribution is 0.102. The topological polar surface area (TPSA) is 80.9 Å². The van der Waals surface area contributed by atoms with Gasteiger partial charge in [-0.1, -0.05) is 32.0 Å². The minimum absolute atomic E-state index is 0.243. The number of anilines is 2. The molecule has 0 fully saturated rings. The van der Waals surface area contributed by atoms with Gasteiger partial charge in [-0.25, -0.2) is 0 Å². The first-order chi connectivity index (χ1) is 9.08. The Balaban J connectivity index is 2.22. The highest BCUT2D eigenvalue weighted by atomic mass is 16.1. The second kappa shape index (κ2) is 5.48. The average molecular weight is 256 g/mol.